The van der Waals surface area contributed by atoms with Gasteiger partial charge in [-0.25, -0.2) is 0 Å². The zero-order valence-electron chi connectivity index (χ0n) is 26.9. The van der Waals surface area contributed by atoms with Gasteiger partial charge in [-0.1, -0.05) is 0 Å². The van der Waals surface area contributed by atoms with Crippen LogP contribution in [0.1, 0.15) is 55.4 Å². The van der Waals surface area contributed by atoms with E-state index in [2.05, 4.69) is 0 Å². The summed E-state index contributed by atoms with van der Waals surface area (Å²) in [6.07, 6.45) is -16.4. The van der Waals surface area contributed by atoms with Gasteiger partial charge >= 0.3 is 47.8 Å². The van der Waals surface area contributed by atoms with Crippen molar-refractivity contribution in [3.63, 3.8) is 0 Å². The van der Waals surface area contributed by atoms with E-state index < -0.39 is 122 Å². The summed E-state index contributed by atoms with van der Waals surface area (Å²) in [4.78, 5) is 96.3. The van der Waals surface area contributed by atoms with Crippen LogP contribution in [-0.2, 0) is 90.5 Å². The lowest BCUT2D eigenvalue weighted by molar-refractivity contribution is -0.363. The molecular formula is C28H38O19. The Hall–Kier alpha value is -4.36. The SMILES string of the molecule is CC(=O)OC[C@@H]1O[C@H](O[C@H]2[C@H](OC(C)=O)O[C@H](COC(C)=O)[C@@H](OC(C)=O)[C@@H]2OC(C)=O)[C@@H](OC(C)=O)[C@H](OC(C)=O)[C@H]1OC(C)=O. The van der Waals surface area contributed by atoms with Crippen LogP contribution in [0.25, 0.3) is 0 Å². The van der Waals surface area contributed by atoms with E-state index in [1.807, 2.05) is 0 Å². The molecule has 0 aromatic rings. The second kappa shape index (κ2) is 17.5. The average molecular weight is 679 g/mol. The van der Waals surface area contributed by atoms with Gasteiger partial charge in [0.2, 0.25) is 6.29 Å². The standard InChI is InChI=1S/C28H38O19/c1-11(29)37-9-19-22(40-14(4)32)24(42-16(6)34)26(27(45-19)44-18(8)36)47-28-25(43-17(7)35)23(41-15(5)33)21(39-13(3)31)20(46-28)10-38-12(2)30/h19-28H,9-10H2,1-8H3/t19-,20+,21+,22-,23-,24+,25+,26-,27-,28-/m1/s1. The topological polar surface area (TPSA) is 238 Å². The smallest absolute Gasteiger partial charge is 0.305 e. The second-order valence-corrected chi connectivity index (χ2v) is 10.3. The summed E-state index contributed by atoms with van der Waals surface area (Å²) in [6.45, 7) is 7.10. The minimum Gasteiger partial charge on any atom is -0.463 e. The molecule has 0 radical (unpaired) electrons. The molecule has 0 aliphatic carbocycles. The Balaban J connectivity index is 2.72. The molecule has 264 valence electrons. The lowest BCUT2D eigenvalue weighted by atomic mass is 9.96. The number of carbonyl (C=O) groups excluding carboxylic acids is 8. The minimum atomic E-state index is -1.86. The first-order chi connectivity index (χ1) is 21.9. The molecule has 0 aromatic heterocycles. The van der Waals surface area contributed by atoms with E-state index in [9.17, 15) is 38.4 Å². The zero-order valence-corrected chi connectivity index (χ0v) is 26.9. The van der Waals surface area contributed by atoms with Gasteiger partial charge in [-0.15, -0.1) is 0 Å². The van der Waals surface area contributed by atoms with E-state index in [-0.39, 0.29) is 0 Å². The fourth-order valence-corrected chi connectivity index (χ4v) is 4.73. The van der Waals surface area contributed by atoms with Crippen LogP contribution >= 0.6 is 0 Å². The van der Waals surface area contributed by atoms with E-state index in [0.29, 0.717) is 0 Å². The number of hydrogen-bond acceptors (Lipinski definition) is 19. The van der Waals surface area contributed by atoms with Crippen molar-refractivity contribution in [2.45, 2.75) is 117 Å². The largest absolute Gasteiger partial charge is 0.463 e. The predicted octanol–water partition coefficient (Wildman–Crippen LogP) is -0.831. The third kappa shape index (κ3) is 12.1. The molecule has 47 heavy (non-hydrogen) atoms. The maximum Gasteiger partial charge on any atom is 0.305 e. The Labute approximate surface area is 268 Å². The Bertz CT molecular complexity index is 1200. The summed E-state index contributed by atoms with van der Waals surface area (Å²) in [5, 5.41) is 0. The van der Waals surface area contributed by atoms with Gasteiger partial charge in [-0.05, 0) is 0 Å². The van der Waals surface area contributed by atoms with Crippen LogP contribution in [0, 0.1) is 0 Å². The lowest BCUT2D eigenvalue weighted by Gasteiger charge is -2.48. The fraction of sp³-hybridized carbons (Fsp3) is 0.714. The average Bonchev–Trinajstić information content (AvgIpc) is 2.91. The van der Waals surface area contributed by atoms with Crippen LogP contribution in [0.2, 0.25) is 0 Å². The van der Waals surface area contributed by atoms with Crippen LogP contribution in [0.4, 0.5) is 0 Å². The molecule has 2 aliphatic heterocycles. The van der Waals surface area contributed by atoms with Crippen LogP contribution in [-0.4, -0.2) is 122 Å². The van der Waals surface area contributed by atoms with Crippen molar-refractivity contribution < 1.29 is 90.5 Å². The Kier molecular flexibility index (Phi) is 14.5. The molecule has 2 heterocycles. The highest BCUT2D eigenvalue weighted by Gasteiger charge is 2.58. The number of esters is 8. The molecule has 19 heteroatoms. The monoisotopic (exact) mass is 678 g/mol. The van der Waals surface area contributed by atoms with E-state index >= 15 is 0 Å². The van der Waals surface area contributed by atoms with Crippen molar-refractivity contribution in [2.24, 2.45) is 0 Å². The summed E-state index contributed by atoms with van der Waals surface area (Å²) in [5.74, 6) is -7.02. The van der Waals surface area contributed by atoms with Crippen molar-refractivity contribution in [1.82, 2.24) is 0 Å². The maximum absolute atomic E-state index is 12.3. The highest BCUT2D eigenvalue weighted by Crippen LogP contribution is 2.35. The number of rotatable bonds is 12. The van der Waals surface area contributed by atoms with E-state index in [0.717, 1.165) is 55.4 Å². The first kappa shape index (κ1) is 38.8. The molecule has 2 saturated heterocycles. The van der Waals surface area contributed by atoms with Crippen LogP contribution in [0.5, 0.6) is 0 Å². The third-order valence-electron chi connectivity index (χ3n) is 6.17. The molecule has 0 N–H and O–H groups in total. The number of ether oxygens (including phenoxy) is 11. The zero-order chi connectivity index (χ0) is 35.6. The van der Waals surface area contributed by atoms with Crippen molar-refractivity contribution in [3.05, 3.63) is 0 Å². The second-order valence-electron chi connectivity index (χ2n) is 10.3. The van der Waals surface area contributed by atoms with Crippen molar-refractivity contribution in [2.75, 3.05) is 13.2 Å². The summed E-state index contributed by atoms with van der Waals surface area (Å²) in [5.41, 5.74) is 0. The van der Waals surface area contributed by atoms with Crippen LogP contribution in [0.15, 0.2) is 0 Å². The van der Waals surface area contributed by atoms with Crippen molar-refractivity contribution in [1.29, 1.82) is 0 Å². The minimum absolute atomic E-state index is 0.561. The summed E-state index contributed by atoms with van der Waals surface area (Å²) < 4.78 is 60.2. The first-order valence-electron chi connectivity index (χ1n) is 14.2. The predicted molar refractivity (Wildman–Crippen MR) is 145 cm³/mol. The normalized spacial score (nSPS) is 30.0. The van der Waals surface area contributed by atoms with Gasteiger partial charge in [-0.2, -0.15) is 0 Å². The van der Waals surface area contributed by atoms with Gasteiger partial charge in [-0.3, -0.25) is 38.4 Å². The van der Waals surface area contributed by atoms with Crippen molar-refractivity contribution in [3.8, 4) is 0 Å². The lowest BCUT2D eigenvalue weighted by Crippen LogP contribution is -2.67. The van der Waals surface area contributed by atoms with Crippen LogP contribution < -0.4 is 0 Å². The summed E-state index contributed by atoms with van der Waals surface area (Å²) in [7, 11) is 0. The fourth-order valence-electron chi connectivity index (χ4n) is 4.73. The van der Waals surface area contributed by atoms with Gasteiger partial charge in [0.05, 0.1) is 0 Å². The van der Waals surface area contributed by atoms with Gasteiger partial charge in [0.1, 0.15) is 25.4 Å². The Morgan fingerprint density at radius 1 is 0.383 bits per heavy atom. The van der Waals surface area contributed by atoms with Gasteiger partial charge in [0, 0.05) is 55.4 Å². The van der Waals surface area contributed by atoms with Crippen LogP contribution in [0.3, 0.4) is 0 Å². The first-order valence-corrected chi connectivity index (χ1v) is 14.2. The molecular weight excluding hydrogens is 640 g/mol. The molecule has 2 aliphatic rings. The molecule has 0 aromatic carbocycles. The van der Waals surface area contributed by atoms with Gasteiger partial charge < -0.3 is 52.1 Å². The molecule has 0 bridgehead atoms. The highest BCUT2D eigenvalue weighted by molar-refractivity contribution is 5.69. The third-order valence-corrected chi connectivity index (χ3v) is 6.17. The summed E-state index contributed by atoms with van der Waals surface area (Å²) in [6, 6.07) is 0. The molecule has 10 atom stereocenters. The molecule has 2 rings (SSSR count). The molecule has 2 fully saturated rings. The number of carbonyl (C=O) groups is 8. The Morgan fingerprint density at radius 2 is 0.702 bits per heavy atom. The molecule has 0 unspecified atom stereocenters. The summed E-state index contributed by atoms with van der Waals surface area (Å²) >= 11 is 0. The molecule has 0 spiro atoms. The number of hydrogen-bond donors (Lipinski definition) is 0. The molecule has 0 amide bonds. The van der Waals surface area contributed by atoms with E-state index in [1.54, 1.807) is 0 Å². The van der Waals surface area contributed by atoms with Gasteiger partial charge in [0.25, 0.3) is 0 Å². The highest BCUT2D eigenvalue weighted by atomic mass is 16.8. The Morgan fingerprint density at radius 3 is 1.06 bits per heavy atom. The molecule has 19 nitrogen and oxygen atoms in total. The molecule has 0 saturated carbocycles. The van der Waals surface area contributed by atoms with Gasteiger partial charge in [0.15, 0.2) is 42.9 Å². The maximum atomic E-state index is 12.3. The van der Waals surface area contributed by atoms with E-state index in [1.165, 1.54) is 0 Å². The van der Waals surface area contributed by atoms with Crippen molar-refractivity contribution >= 4 is 47.8 Å². The van der Waals surface area contributed by atoms with E-state index in [4.69, 9.17) is 52.1 Å². The quantitative estimate of drug-likeness (QED) is 0.181.